The van der Waals surface area contributed by atoms with Gasteiger partial charge in [-0.15, -0.1) is 0 Å². The van der Waals surface area contributed by atoms with E-state index in [2.05, 4.69) is 0 Å². The molecule has 18 heavy (non-hydrogen) atoms. The van der Waals surface area contributed by atoms with E-state index in [4.69, 9.17) is 17.3 Å². The molecule has 0 amide bonds. The summed E-state index contributed by atoms with van der Waals surface area (Å²) in [5.41, 5.74) is 6.84. The van der Waals surface area contributed by atoms with Crippen molar-refractivity contribution >= 4 is 11.6 Å². The summed E-state index contributed by atoms with van der Waals surface area (Å²) >= 11 is 6.02. The fraction of sp³-hybridized carbons (Fsp3) is 0.600. The van der Waals surface area contributed by atoms with Gasteiger partial charge in [0.1, 0.15) is 0 Å². The Labute approximate surface area is 113 Å². The fourth-order valence-electron chi connectivity index (χ4n) is 4.19. The third-order valence-corrected chi connectivity index (χ3v) is 5.35. The number of hydrogen-bond acceptors (Lipinski definition) is 2. The summed E-state index contributed by atoms with van der Waals surface area (Å²) in [5.74, 6) is 1.36. The molecule has 0 saturated heterocycles. The van der Waals surface area contributed by atoms with Crippen molar-refractivity contribution in [2.45, 2.75) is 31.8 Å². The molecule has 1 aromatic carbocycles. The van der Waals surface area contributed by atoms with Crippen LogP contribution in [0.4, 0.5) is 0 Å². The van der Waals surface area contributed by atoms with Gasteiger partial charge in [-0.1, -0.05) is 30.2 Å². The van der Waals surface area contributed by atoms with E-state index in [1.807, 2.05) is 24.3 Å². The van der Waals surface area contributed by atoms with E-state index in [1.165, 1.54) is 19.3 Å². The SMILES string of the molecule is NCC1(C(O)c2cccc(Cl)c2)CC2CCC1C2. The van der Waals surface area contributed by atoms with Crippen LogP contribution < -0.4 is 5.73 Å². The number of aliphatic hydroxyl groups is 1. The summed E-state index contributed by atoms with van der Waals surface area (Å²) < 4.78 is 0. The van der Waals surface area contributed by atoms with E-state index in [9.17, 15) is 5.11 Å². The van der Waals surface area contributed by atoms with Crippen LogP contribution in [0, 0.1) is 17.3 Å². The van der Waals surface area contributed by atoms with Crippen molar-refractivity contribution in [2.24, 2.45) is 23.0 Å². The first kappa shape index (κ1) is 12.5. The average molecular weight is 266 g/mol. The number of halogens is 1. The van der Waals surface area contributed by atoms with Gasteiger partial charge in [0.15, 0.2) is 0 Å². The monoisotopic (exact) mass is 265 g/mol. The molecule has 2 fully saturated rings. The lowest BCUT2D eigenvalue weighted by atomic mass is 9.67. The maximum Gasteiger partial charge on any atom is 0.0861 e. The second-order valence-corrected chi connectivity index (χ2v) is 6.41. The highest BCUT2D eigenvalue weighted by molar-refractivity contribution is 6.30. The van der Waals surface area contributed by atoms with Gasteiger partial charge in [-0.05, 0) is 48.8 Å². The molecule has 0 spiro atoms. The normalized spacial score (nSPS) is 35.9. The Hall–Kier alpha value is -0.570. The van der Waals surface area contributed by atoms with Crippen LogP contribution in [0.25, 0.3) is 0 Å². The first-order valence-corrected chi connectivity index (χ1v) is 7.17. The van der Waals surface area contributed by atoms with Crippen molar-refractivity contribution in [3.63, 3.8) is 0 Å². The van der Waals surface area contributed by atoms with Crippen molar-refractivity contribution in [2.75, 3.05) is 6.54 Å². The van der Waals surface area contributed by atoms with Crippen molar-refractivity contribution in [1.82, 2.24) is 0 Å². The van der Waals surface area contributed by atoms with E-state index in [0.717, 1.165) is 17.9 Å². The molecule has 3 heteroatoms. The van der Waals surface area contributed by atoms with Gasteiger partial charge in [-0.2, -0.15) is 0 Å². The van der Waals surface area contributed by atoms with Crippen molar-refractivity contribution in [3.8, 4) is 0 Å². The number of benzene rings is 1. The molecule has 98 valence electrons. The summed E-state index contributed by atoms with van der Waals surface area (Å²) in [7, 11) is 0. The lowest BCUT2D eigenvalue weighted by Crippen LogP contribution is -2.41. The minimum atomic E-state index is -0.475. The summed E-state index contributed by atoms with van der Waals surface area (Å²) in [6.07, 6.45) is 4.38. The molecule has 0 radical (unpaired) electrons. The highest BCUT2D eigenvalue weighted by atomic mass is 35.5. The zero-order chi connectivity index (χ0) is 12.8. The van der Waals surface area contributed by atoms with Crippen LogP contribution in [0.5, 0.6) is 0 Å². The van der Waals surface area contributed by atoms with Gasteiger partial charge in [0.25, 0.3) is 0 Å². The molecule has 0 aromatic heterocycles. The Morgan fingerprint density at radius 3 is 2.83 bits per heavy atom. The molecule has 0 aliphatic heterocycles. The van der Waals surface area contributed by atoms with Gasteiger partial charge in [-0.25, -0.2) is 0 Å². The van der Waals surface area contributed by atoms with E-state index >= 15 is 0 Å². The predicted octanol–water partition coefficient (Wildman–Crippen LogP) is 3.14. The van der Waals surface area contributed by atoms with Gasteiger partial charge in [0.2, 0.25) is 0 Å². The summed E-state index contributed by atoms with van der Waals surface area (Å²) in [6.45, 7) is 0.571. The van der Waals surface area contributed by atoms with E-state index in [0.29, 0.717) is 17.5 Å². The summed E-state index contributed by atoms with van der Waals surface area (Å²) in [4.78, 5) is 0. The Bertz CT molecular complexity index is 450. The van der Waals surface area contributed by atoms with Crippen molar-refractivity contribution in [3.05, 3.63) is 34.9 Å². The second-order valence-electron chi connectivity index (χ2n) is 5.97. The quantitative estimate of drug-likeness (QED) is 0.882. The van der Waals surface area contributed by atoms with Crippen LogP contribution in [0.3, 0.4) is 0 Å². The predicted molar refractivity (Wildman–Crippen MR) is 73.3 cm³/mol. The molecular weight excluding hydrogens is 246 g/mol. The topological polar surface area (TPSA) is 46.2 Å². The summed E-state index contributed by atoms with van der Waals surface area (Å²) in [6, 6.07) is 7.57. The standard InChI is InChI=1S/C15H20ClNO/c16-13-3-1-2-11(7-13)14(18)15(9-17)8-10-4-5-12(15)6-10/h1-3,7,10,12,14,18H,4-6,8-9,17H2. The van der Waals surface area contributed by atoms with Crippen molar-refractivity contribution in [1.29, 1.82) is 0 Å². The van der Waals surface area contributed by atoms with Crippen LogP contribution in [0.15, 0.2) is 24.3 Å². The first-order chi connectivity index (χ1) is 8.65. The molecule has 0 heterocycles. The van der Waals surface area contributed by atoms with Crippen molar-refractivity contribution < 1.29 is 5.11 Å². The molecule has 3 rings (SSSR count). The Balaban J connectivity index is 1.93. The average Bonchev–Trinajstić information content (AvgIpc) is 2.98. The number of fused-ring (bicyclic) bond motifs is 2. The van der Waals surface area contributed by atoms with Gasteiger partial charge in [0, 0.05) is 17.0 Å². The maximum absolute atomic E-state index is 10.8. The van der Waals surface area contributed by atoms with E-state index in [1.54, 1.807) is 0 Å². The fourth-order valence-corrected chi connectivity index (χ4v) is 4.39. The number of rotatable bonds is 3. The number of aliphatic hydroxyl groups excluding tert-OH is 1. The third-order valence-electron chi connectivity index (χ3n) is 5.11. The molecular formula is C15H20ClNO. The van der Waals surface area contributed by atoms with Crippen LogP contribution in [-0.4, -0.2) is 11.7 Å². The molecule has 4 atom stereocenters. The largest absolute Gasteiger partial charge is 0.388 e. The van der Waals surface area contributed by atoms with Gasteiger partial charge < -0.3 is 10.8 Å². The molecule has 2 bridgehead atoms. The molecule has 2 nitrogen and oxygen atoms in total. The lowest BCUT2D eigenvalue weighted by Gasteiger charge is -2.41. The Kier molecular flexibility index (Phi) is 3.13. The smallest absolute Gasteiger partial charge is 0.0861 e. The Morgan fingerprint density at radius 1 is 1.44 bits per heavy atom. The van der Waals surface area contributed by atoms with E-state index < -0.39 is 6.10 Å². The lowest BCUT2D eigenvalue weighted by molar-refractivity contribution is -0.0130. The maximum atomic E-state index is 10.8. The number of nitrogens with two attached hydrogens (primary N) is 1. The van der Waals surface area contributed by atoms with Gasteiger partial charge in [0.05, 0.1) is 6.10 Å². The van der Waals surface area contributed by atoms with E-state index in [-0.39, 0.29) is 5.41 Å². The summed E-state index contributed by atoms with van der Waals surface area (Å²) in [5, 5.41) is 11.5. The van der Waals surface area contributed by atoms with Crippen LogP contribution in [0.1, 0.15) is 37.4 Å². The number of hydrogen-bond donors (Lipinski definition) is 2. The Morgan fingerprint density at radius 2 is 2.28 bits per heavy atom. The molecule has 2 aliphatic rings. The molecule has 1 aromatic rings. The minimum Gasteiger partial charge on any atom is -0.388 e. The zero-order valence-electron chi connectivity index (χ0n) is 10.5. The molecule has 2 saturated carbocycles. The van der Waals surface area contributed by atoms with Crippen LogP contribution in [-0.2, 0) is 0 Å². The minimum absolute atomic E-state index is 0.117. The first-order valence-electron chi connectivity index (χ1n) is 6.79. The van der Waals surface area contributed by atoms with Gasteiger partial charge in [-0.3, -0.25) is 0 Å². The van der Waals surface area contributed by atoms with Gasteiger partial charge >= 0.3 is 0 Å². The highest BCUT2D eigenvalue weighted by Crippen LogP contribution is 2.60. The van der Waals surface area contributed by atoms with Crippen LogP contribution >= 0.6 is 11.6 Å². The second kappa shape index (κ2) is 4.52. The highest BCUT2D eigenvalue weighted by Gasteiger charge is 2.54. The molecule has 4 unspecified atom stereocenters. The van der Waals surface area contributed by atoms with Crippen LogP contribution in [0.2, 0.25) is 5.02 Å². The molecule has 3 N–H and O–H groups in total. The zero-order valence-corrected chi connectivity index (χ0v) is 11.2. The molecule has 2 aliphatic carbocycles. The third kappa shape index (κ3) is 1.78.